The van der Waals surface area contributed by atoms with E-state index in [4.69, 9.17) is 5.26 Å². The lowest BCUT2D eigenvalue weighted by Gasteiger charge is -2.15. The fourth-order valence-electron chi connectivity index (χ4n) is 2.40. The minimum atomic E-state index is -0.245. The number of nitrogens with one attached hydrogen (secondary N) is 1. The standard InChI is InChI=1S/C14H13FN4/c15-11-3-1-10(2-4-11)9-19-14-8-17-6-5-12(14)13(7-16)18-19/h1-4,17H,5-6,8-9H2. The van der Waals surface area contributed by atoms with Crippen molar-refractivity contribution in [3.63, 3.8) is 0 Å². The van der Waals surface area contributed by atoms with Crippen LogP contribution in [0.1, 0.15) is 22.5 Å². The molecule has 0 bridgehead atoms. The van der Waals surface area contributed by atoms with Crippen molar-refractivity contribution in [3.05, 3.63) is 52.6 Å². The van der Waals surface area contributed by atoms with Gasteiger partial charge in [-0.05, 0) is 30.7 Å². The summed E-state index contributed by atoms with van der Waals surface area (Å²) in [5.74, 6) is -0.245. The molecule has 0 radical (unpaired) electrons. The van der Waals surface area contributed by atoms with E-state index in [1.807, 2.05) is 4.68 Å². The van der Waals surface area contributed by atoms with Crippen molar-refractivity contribution in [3.8, 4) is 6.07 Å². The first-order valence-electron chi connectivity index (χ1n) is 6.22. The van der Waals surface area contributed by atoms with E-state index in [9.17, 15) is 4.39 Å². The average molecular weight is 256 g/mol. The van der Waals surface area contributed by atoms with Crippen molar-refractivity contribution >= 4 is 0 Å². The van der Waals surface area contributed by atoms with Crippen molar-refractivity contribution in [2.75, 3.05) is 6.54 Å². The number of fused-ring (bicyclic) bond motifs is 1. The summed E-state index contributed by atoms with van der Waals surface area (Å²) in [5.41, 5.74) is 3.59. The number of nitriles is 1. The van der Waals surface area contributed by atoms with Gasteiger partial charge in [0.2, 0.25) is 0 Å². The summed E-state index contributed by atoms with van der Waals surface area (Å²) in [6.07, 6.45) is 0.835. The molecular formula is C14H13FN4. The summed E-state index contributed by atoms with van der Waals surface area (Å²) < 4.78 is 14.7. The van der Waals surface area contributed by atoms with Crippen LogP contribution in [0.15, 0.2) is 24.3 Å². The molecule has 1 aliphatic heterocycles. The topological polar surface area (TPSA) is 53.6 Å². The van der Waals surface area contributed by atoms with Crippen LogP contribution >= 0.6 is 0 Å². The monoisotopic (exact) mass is 256 g/mol. The van der Waals surface area contributed by atoms with Crippen LogP contribution in [0.5, 0.6) is 0 Å². The summed E-state index contributed by atoms with van der Waals surface area (Å²) >= 11 is 0. The second-order valence-corrected chi connectivity index (χ2v) is 4.60. The highest BCUT2D eigenvalue weighted by molar-refractivity contribution is 5.37. The zero-order chi connectivity index (χ0) is 13.2. The van der Waals surface area contributed by atoms with E-state index < -0.39 is 0 Å². The van der Waals surface area contributed by atoms with Gasteiger partial charge in [-0.2, -0.15) is 10.4 Å². The molecule has 5 heteroatoms. The molecule has 19 heavy (non-hydrogen) atoms. The zero-order valence-corrected chi connectivity index (χ0v) is 10.4. The SMILES string of the molecule is N#Cc1nn(Cc2ccc(F)cc2)c2c1CCNC2. The lowest BCUT2D eigenvalue weighted by molar-refractivity contribution is 0.569. The normalized spacial score (nSPS) is 13.9. The van der Waals surface area contributed by atoms with Crippen molar-refractivity contribution in [2.24, 2.45) is 0 Å². The van der Waals surface area contributed by atoms with Gasteiger partial charge in [-0.1, -0.05) is 12.1 Å². The number of nitrogens with zero attached hydrogens (tertiary/aromatic N) is 3. The fraction of sp³-hybridized carbons (Fsp3) is 0.286. The molecule has 4 nitrogen and oxygen atoms in total. The smallest absolute Gasteiger partial charge is 0.166 e. The minimum Gasteiger partial charge on any atom is -0.311 e. The molecule has 96 valence electrons. The van der Waals surface area contributed by atoms with Gasteiger partial charge in [0.05, 0.1) is 12.2 Å². The molecule has 0 unspecified atom stereocenters. The van der Waals surface area contributed by atoms with Crippen LogP contribution in [0.4, 0.5) is 4.39 Å². The molecule has 0 saturated heterocycles. The molecule has 1 aliphatic rings. The van der Waals surface area contributed by atoms with Gasteiger partial charge in [-0.25, -0.2) is 4.39 Å². The Morgan fingerprint density at radius 3 is 2.89 bits per heavy atom. The number of benzene rings is 1. The highest BCUT2D eigenvalue weighted by Gasteiger charge is 2.20. The molecule has 0 fully saturated rings. The summed E-state index contributed by atoms with van der Waals surface area (Å²) in [4.78, 5) is 0. The van der Waals surface area contributed by atoms with Gasteiger partial charge in [-0.3, -0.25) is 4.68 Å². The van der Waals surface area contributed by atoms with Crippen LogP contribution < -0.4 is 5.32 Å². The Hall–Kier alpha value is -2.19. The van der Waals surface area contributed by atoms with E-state index in [1.165, 1.54) is 12.1 Å². The Balaban J connectivity index is 1.95. The van der Waals surface area contributed by atoms with Gasteiger partial charge in [0.25, 0.3) is 0 Å². The molecule has 2 heterocycles. The third-order valence-electron chi connectivity index (χ3n) is 3.36. The zero-order valence-electron chi connectivity index (χ0n) is 10.4. The van der Waals surface area contributed by atoms with Gasteiger partial charge in [0, 0.05) is 12.1 Å². The molecule has 0 aliphatic carbocycles. The van der Waals surface area contributed by atoms with Crippen LogP contribution in [0.2, 0.25) is 0 Å². The molecular weight excluding hydrogens is 243 g/mol. The predicted octanol–water partition coefficient (Wildman–Crippen LogP) is 1.59. The lowest BCUT2D eigenvalue weighted by Crippen LogP contribution is -2.25. The molecule has 3 rings (SSSR count). The Kier molecular flexibility index (Phi) is 3.02. The Morgan fingerprint density at radius 2 is 2.16 bits per heavy atom. The van der Waals surface area contributed by atoms with E-state index in [0.717, 1.165) is 36.3 Å². The van der Waals surface area contributed by atoms with Gasteiger partial charge in [0.15, 0.2) is 5.69 Å². The van der Waals surface area contributed by atoms with E-state index in [0.29, 0.717) is 12.2 Å². The van der Waals surface area contributed by atoms with Gasteiger partial charge < -0.3 is 5.32 Å². The van der Waals surface area contributed by atoms with Crippen LogP contribution in [0.3, 0.4) is 0 Å². The second-order valence-electron chi connectivity index (χ2n) is 4.60. The Bertz CT molecular complexity index is 637. The number of halogens is 1. The number of aromatic nitrogens is 2. The van der Waals surface area contributed by atoms with Gasteiger partial charge >= 0.3 is 0 Å². The van der Waals surface area contributed by atoms with Crippen molar-refractivity contribution in [1.82, 2.24) is 15.1 Å². The average Bonchev–Trinajstić information content (AvgIpc) is 2.80. The predicted molar refractivity (Wildman–Crippen MR) is 67.9 cm³/mol. The first kappa shape index (κ1) is 11.9. The lowest BCUT2D eigenvalue weighted by atomic mass is 10.1. The van der Waals surface area contributed by atoms with Crippen molar-refractivity contribution < 1.29 is 4.39 Å². The highest BCUT2D eigenvalue weighted by atomic mass is 19.1. The first-order chi connectivity index (χ1) is 9.28. The van der Waals surface area contributed by atoms with Crippen molar-refractivity contribution in [1.29, 1.82) is 5.26 Å². The Morgan fingerprint density at radius 1 is 1.37 bits per heavy atom. The van der Waals surface area contributed by atoms with Gasteiger partial charge in [0.1, 0.15) is 11.9 Å². The fourth-order valence-corrected chi connectivity index (χ4v) is 2.40. The third kappa shape index (κ3) is 2.23. The van der Waals surface area contributed by atoms with E-state index >= 15 is 0 Å². The maximum atomic E-state index is 12.9. The first-order valence-corrected chi connectivity index (χ1v) is 6.22. The van der Waals surface area contributed by atoms with Gasteiger partial charge in [-0.15, -0.1) is 0 Å². The van der Waals surface area contributed by atoms with Crippen LogP contribution in [-0.4, -0.2) is 16.3 Å². The largest absolute Gasteiger partial charge is 0.311 e. The van der Waals surface area contributed by atoms with Crippen LogP contribution in [0, 0.1) is 17.1 Å². The van der Waals surface area contributed by atoms with Crippen LogP contribution in [-0.2, 0) is 19.5 Å². The number of hydrogen-bond acceptors (Lipinski definition) is 3. The van der Waals surface area contributed by atoms with E-state index in [2.05, 4.69) is 16.5 Å². The van der Waals surface area contributed by atoms with E-state index in [1.54, 1.807) is 12.1 Å². The molecule has 0 saturated carbocycles. The second kappa shape index (κ2) is 4.82. The van der Waals surface area contributed by atoms with E-state index in [-0.39, 0.29) is 5.82 Å². The molecule has 0 amide bonds. The quantitative estimate of drug-likeness (QED) is 0.887. The Labute approximate surface area is 110 Å². The highest BCUT2D eigenvalue weighted by Crippen LogP contribution is 2.19. The number of rotatable bonds is 2. The molecule has 2 aromatic rings. The van der Waals surface area contributed by atoms with Crippen molar-refractivity contribution in [2.45, 2.75) is 19.5 Å². The number of hydrogen-bond donors (Lipinski definition) is 1. The summed E-state index contributed by atoms with van der Waals surface area (Å²) in [6.45, 7) is 2.17. The molecule has 0 atom stereocenters. The molecule has 0 spiro atoms. The third-order valence-corrected chi connectivity index (χ3v) is 3.36. The van der Waals surface area contributed by atoms with Crippen LogP contribution in [0.25, 0.3) is 0 Å². The maximum absolute atomic E-state index is 12.9. The summed E-state index contributed by atoms with van der Waals surface area (Å²) in [7, 11) is 0. The molecule has 1 N–H and O–H groups in total. The summed E-state index contributed by atoms with van der Waals surface area (Å²) in [6, 6.07) is 8.51. The summed E-state index contributed by atoms with van der Waals surface area (Å²) in [5, 5.41) is 16.7. The maximum Gasteiger partial charge on any atom is 0.166 e. The molecule has 1 aromatic carbocycles. The molecule has 1 aromatic heterocycles. The minimum absolute atomic E-state index is 0.245.